The van der Waals surface area contributed by atoms with Crippen molar-refractivity contribution in [2.75, 3.05) is 39.8 Å². The number of aliphatic hydroxyl groups is 1. The van der Waals surface area contributed by atoms with Crippen molar-refractivity contribution >= 4 is 0 Å². The second kappa shape index (κ2) is 5.28. The number of rotatable bonds is 3. The van der Waals surface area contributed by atoms with Crippen molar-refractivity contribution in [3.63, 3.8) is 0 Å². The van der Waals surface area contributed by atoms with E-state index in [2.05, 4.69) is 16.8 Å². The molecule has 0 aromatic rings. The number of nitrogens with zero attached hydrogens (tertiary/aromatic N) is 2. The van der Waals surface area contributed by atoms with E-state index < -0.39 is 0 Å². The molecule has 88 valence electrons. The monoisotopic (exact) mass is 212 g/mol. The highest BCUT2D eigenvalue weighted by atomic mass is 16.3. The van der Waals surface area contributed by atoms with Crippen LogP contribution >= 0.6 is 0 Å². The summed E-state index contributed by atoms with van der Waals surface area (Å²) < 4.78 is 0. The third-order valence-corrected chi connectivity index (χ3v) is 3.99. The summed E-state index contributed by atoms with van der Waals surface area (Å²) in [7, 11) is 2.17. The molecular weight excluding hydrogens is 188 g/mol. The van der Waals surface area contributed by atoms with Gasteiger partial charge in [-0.3, -0.25) is 4.90 Å². The van der Waals surface area contributed by atoms with Crippen LogP contribution in [0.15, 0.2) is 0 Å². The SMILES string of the molecule is CN1CCN(CC(O)C2CCCC2)CC1. The molecule has 0 radical (unpaired) electrons. The Hall–Kier alpha value is -0.120. The lowest BCUT2D eigenvalue weighted by atomic mass is 10.0. The van der Waals surface area contributed by atoms with Crippen LogP contribution in [0.4, 0.5) is 0 Å². The van der Waals surface area contributed by atoms with Crippen molar-refractivity contribution in [3.05, 3.63) is 0 Å². The molecule has 1 aliphatic heterocycles. The van der Waals surface area contributed by atoms with Crippen LogP contribution in [0.25, 0.3) is 0 Å². The minimum Gasteiger partial charge on any atom is -0.392 e. The fourth-order valence-electron chi connectivity index (χ4n) is 2.79. The molecular formula is C12H24N2O. The van der Waals surface area contributed by atoms with Crippen LogP contribution in [0.2, 0.25) is 0 Å². The van der Waals surface area contributed by atoms with Crippen LogP contribution in [-0.2, 0) is 0 Å². The zero-order valence-corrected chi connectivity index (χ0v) is 9.86. The molecule has 1 aliphatic carbocycles. The van der Waals surface area contributed by atoms with Gasteiger partial charge in [0, 0.05) is 32.7 Å². The lowest BCUT2D eigenvalue weighted by molar-refractivity contribution is 0.0469. The van der Waals surface area contributed by atoms with E-state index in [-0.39, 0.29) is 6.10 Å². The average Bonchev–Trinajstić information content (AvgIpc) is 2.74. The van der Waals surface area contributed by atoms with Crippen LogP contribution in [-0.4, -0.2) is 60.8 Å². The summed E-state index contributed by atoms with van der Waals surface area (Å²) >= 11 is 0. The normalized spacial score (nSPS) is 28.4. The molecule has 1 atom stereocenters. The number of likely N-dealkylation sites (N-methyl/N-ethyl adjacent to an activating group) is 1. The van der Waals surface area contributed by atoms with Crippen LogP contribution in [0.3, 0.4) is 0 Å². The third-order valence-electron chi connectivity index (χ3n) is 3.99. The second-order valence-corrected chi connectivity index (χ2v) is 5.22. The average molecular weight is 212 g/mol. The minimum absolute atomic E-state index is 0.0732. The fourth-order valence-corrected chi connectivity index (χ4v) is 2.79. The number of aliphatic hydroxyl groups excluding tert-OH is 1. The van der Waals surface area contributed by atoms with Crippen molar-refractivity contribution in [1.82, 2.24) is 9.80 Å². The molecule has 0 amide bonds. The smallest absolute Gasteiger partial charge is 0.0695 e. The highest BCUT2D eigenvalue weighted by molar-refractivity contribution is 4.79. The van der Waals surface area contributed by atoms with Gasteiger partial charge in [0.25, 0.3) is 0 Å². The van der Waals surface area contributed by atoms with Crippen LogP contribution in [0, 0.1) is 5.92 Å². The van der Waals surface area contributed by atoms with Gasteiger partial charge in [-0.1, -0.05) is 12.8 Å². The standard InChI is InChI=1S/C12H24N2O/c1-13-6-8-14(9-7-13)10-12(15)11-4-2-3-5-11/h11-12,15H,2-10H2,1H3. The van der Waals surface area contributed by atoms with Gasteiger partial charge in [-0.25, -0.2) is 0 Å². The molecule has 0 aromatic carbocycles. The molecule has 15 heavy (non-hydrogen) atoms. The molecule has 2 aliphatic rings. The van der Waals surface area contributed by atoms with Gasteiger partial charge in [0.1, 0.15) is 0 Å². The Morgan fingerprint density at radius 2 is 1.73 bits per heavy atom. The Morgan fingerprint density at radius 3 is 2.33 bits per heavy atom. The van der Waals surface area contributed by atoms with E-state index in [1.807, 2.05) is 0 Å². The Morgan fingerprint density at radius 1 is 1.13 bits per heavy atom. The molecule has 1 heterocycles. The molecule has 1 saturated heterocycles. The zero-order valence-electron chi connectivity index (χ0n) is 9.86. The van der Waals surface area contributed by atoms with Crippen molar-refractivity contribution < 1.29 is 5.11 Å². The summed E-state index contributed by atoms with van der Waals surface area (Å²) in [4.78, 5) is 4.78. The van der Waals surface area contributed by atoms with Gasteiger partial charge in [0.05, 0.1) is 6.10 Å². The lowest BCUT2D eigenvalue weighted by Gasteiger charge is -2.34. The van der Waals surface area contributed by atoms with Gasteiger partial charge in [-0.15, -0.1) is 0 Å². The number of hydrogen-bond acceptors (Lipinski definition) is 3. The highest BCUT2D eigenvalue weighted by Crippen LogP contribution is 2.28. The molecule has 3 heteroatoms. The molecule has 2 rings (SSSR count). The predicted octanol–water partition coefficient (Wildman–Crippen LogP) is 0.785. The zero-order chi connectivity index (χ0) is 10.7. The second-order valence-electron chi connectivity index (χ2n) is 5.22. The van der Waals surface area contributed by atoms with E-state index in [1.165, 1.54) is 25.7 Å². The number of β-amino-alcohol motifs (C(OH)–C–C–N with tert-alkyl or cyclic N) is 1. The first-order chi connectivity index (χ1) is 7.25. The summed E-state index contributed by atoms with van der Waals surface area (Å²) in [6.45, 7) is 5.45. The lowest BCUT2D eigenvalue weighted by Crippen LogP contribution is -2.47. The molecule has 0 aromatic heterocycles. The Bertz CT molecular complexity index is 184. The maximum Gasteiger partial charge on any atom is 0.0695 e. The summed E-state index contributed by atoms with van der Waals surface area (Å²) in [5, 5.41) is 10.1. The van der Waals surface area contributed by atoms with Crippen LogP contribution < -0.4 is 0 Å². The van der Waals surface area contributed by atoms with Gasteiger partial charge >= 0.3 is 0 Å². The van der Waals surface area contributed by atoms with E-state index in [4.69, 9.17) is 0 Å². The predicted molar refractivity (Wildman–Crippen MR) is 61.9 cm³/mol. The van der Waals surface area contributed by atoms with Crippen molar-refractivity contribution in [2.24, 2.45) is 5.92 Å². The van der Waals surface area contributed by atoms with Crippen LogP contribution in [0.1, 0.15) is 25.7 Å². The molecule has 1 N–H and O–H groups in total. The minimum atomic E-state index is -0.0732. The first kappa shape index (κ1) is 11.4. The Kier molecular flexibility index (Phi) is 4.00. The third kappa shape index (κ3) is 3.16. The molecule has 1 unspecified atom stereocenters. The Labute approximate surface area is 93.1 Å². The van der Waals surface area contributed by atoms with Gasteiger partial charge < -0.3 is 10.0 Å². The van der Waals surface area contributed by atoms with E-state index in [9.17, 15) is 5.11 Å². The molecule has 3 nitrogen and oxygen atoms in total. The first-order valence-electron chi connectivity index (χ1n) is 6.34. The summed E-state index contributed by atoms with van der Waals surface area (Å²) in [5.41, 5.74) is 0. The molecule has 1 saturated carbocycles. The maximum atomic E-state index is 10.1. The van der Waals surface area contributed by atoms with Gasteiger partial charge in [0.15, 0.2) is 0 Å². The van der Waals surface area contributed by atoms with Crippen molar-refractivity contribution in [2.45, 2.75) is 31.8 Å². The van der Waals surface area contributed by atoms with Crippen LogP contribution in [0.5, 0.6) is 0 Å². The first-order valence-corrected chi connectivity index (χ1v) is 6.34. The quantitative estimate of drug-likeness (QED) is 0.749. The van der Waals surface area contributed by atoms with E-state index in [0.717, 1.165) is 32.7 Å². The summed E-state index contributed by atoms with van der Waals surface area (Å²) in [5.74, 6) is 0.588. The Balaban J connectivity index is 1.71. The summed E-state index contributed by atoms with van der Waals surface area (Å²) in [6.07, 6.45) is 5.06. The molecule has 2 fully saturated rings. The van der Waals surface area contributed by atoms with Crippen molar-refractivity contribution in [3.8, 4) is 0 Å². The maximum absolute atomic E-state index is 10.1. The molecule has 0 spiro atoms. The van der Waals surface area contributed by atoms with Crippen molar-refractivity contribution in [1.29, 1.82) is 0 Å². The number of piperazine rings is 1. The van der Waals surface area contributed by atoms with Gasteiger partial charge in [-0.2, -0.15) is 0 Å². The van der Waals surface area contributed by atoms with E-state index >= 15 is 0 Å². The fraction of sp³-hybridized carbons (Fsp3) is 1.00. The highest BCUT2D eigenvalue weighted by Gasteiger charge is 2.25. The largest absolute Gasteiger partial charge is 0.392 e. The van der Waals surface area contributed by atoms with Gasteiger partial charge in [-0.05, 0) is 25.8 Å². The van der Waals surface area contributed by atoms with E-state index in [0.29, 0.717) is 5.92 Å². The van der Waals surface area contributed by atoms with Gasteiger partial charge in [0.2, 0.25) is 0 Å². The number of hydrogen-bond donors (Lipinski definition) is 1. The molecule has 0 bridgehead atoms. The summed E-state index contributed by atoms with van der Waals surface area (Å²) in [6, 6.07) is 0. The topological polar surface area (TPSA) is 26.7 Å². The van der Waals surface area contributed by atoms with E-state index in [1.54, 1.807) is 0 Å².